The standard InChI is InChI=1S/C29H38N4O2.C29H38N4O.C28H36N4O2.C27H34N4O/c1-32(18-19-34-2)23-12-13-26-25(20-23)29(31-28(30-26)22-8-4-5-9-22)33-16-14-21(15-17-33)24-10-6-7-11-27(24)35-3;1-4-17-32(2)23-13-14-26-25(20-23)29(31-28(30-26)22-9-5-6-10-22)33-18-15-21(16-19-33)24-11-7-8-12-27(24)34-3;1-31(17-18-33)22-11-12-25-24(19-22)28(30-27(29-25)21-7-3-4-8-21)32-15-13-20(14-16-32)23-9-5-6-10-26(23)34-2;1-30(2)21-12-13-24-23(18-21)27(29-26(28-24)20-8-4-5-9-20)31-16-14-19(15-17-31)22-10-6-7-11-25(22)32-3/h6-7,10-13,20-22H,4-5,8-9,14-19H2,1-3H3;7-8,11-14,20-22H,4-6,9-10,15-19H2,1-3H3;5-6,9-12,19-21,33H,3-4,7-8,13-18H2,1-2H3;6-7,10-13,18-20H,4-5,8-9,14-17H2,1-3H3. The van der Waals surface area contributed by atoms with E-state index in [0.29, 0.717) is 60.5 Å². The first kappa shape index (κ1) is 95.4. The zero-order valence-electron chi connectivity index (χ0n) is 82.3. The molecule has 12 aromatic rings. The molecule has 4 saturated heterocycles. The van der Waals surface area contributed by atoms with Crippen molar-refractivity contribution in [3.8, 4) is 23.0 Å². The first-order valence-electron chi connectivity index (χ1n) is 50.9. The highest BCUT2D eigenvalue weighted by atomic mass is 16.5. The molecular weight excluding hydrogens is 1680 g/mol. The lowest BCUT2D eigenvalue weighted by molar-refractivity contribution is 0.206. The number of aromatic nitrogens is 8. The summed E-state index contributed by atoms with van der Waals surface area (Å²) < 4.78 is 27.9. The Bertz CT molecular complexity index is 5700. The molecule has 4 saturated carbocycles. The summed E-state index contributed by atoms with van der Waals surface area (Å²) in [6.45, 7) is 13.5. The summed E-state index contributed by atoms with van der Waals surface area (Å²) in [6, 6.07) is 60.3. The van der Waals surface area contributed by atoms with E-state index in [1.54, 1.807) is 35.5 Å². The molecule has 8 aromatic carbocycles. The number of ether oxygens (including phenoxy) is 5. The molecule has 4 aliphatic heterocycles. The van der Waals surface area contributed by atoms with Crippen LogP contribution >= 0.6 is 0 Å². The average Bonchev–Trinajstić information content (AvgIpc) is 1.67. The molecule has 714 valence electrons. The summed E-state index contributed by atoms with van der Waals surface area (Å²) in [5, 5.41) is 14.0. The van der Waals surface area contributed by atoms with Gasteiger partial charge in [0.2, 0.25) is 0 Å². The molecule has 4 aliphatic carbocycles. The molecule has 0 unspecified atom stereocenters. The summed E-state index contributed by atoms with van der Waals surface area (Å²) >= 11 is 0. The van der Waals surface area contributed by atoms with Crippen molar-refractivity contribution in [2.75, 3.05) is 195 Å². The van der Waals surface area contributed by atoms with Gasteiger partial charge in [-0.1, -0.05) is 131 Å². The highest BCUT2D eigenvalue weighted by Crippen LogP contribution is 2.47. The first-order chi connectivity index (χ1) is 66.2. The Morgan fingerprint density at radius 3 is 0.778 bits per heavy atom. The highest BCUT2D eigenvalue weighted by molar-refractivity contribution is 5.96. The van der Waals surface area contributed by atoms with Gasteiger partial charge in [0.15, 0.2) is 0 Å². The highest BCUT2D eigenvalue weighted by Gasteiger charge is 2.35. The number of hydrogen-bond donors (Lipinski definition) is 1. The van der Waals surface area contributed by atoms with E-state index in [1.165, 1.54) is 153 Å². The molecule has 0 amide bonds. The van der Waals surface area contributed by atoms with Crippen LogP contribution < -0.4 is 58.1 Å². The molecule has 135 heavy (non-hydrogen) atoms. The number of aliphatic hydroxyl groups is 1. The number of rotatable bonds is 27. The van der Waals surface area contributed by atoms with Crippen LogP contribution in [0.2, 0.25) is 0 Å². The van der Waals surface area contributed by atoms with Crippen molar-refractivity contribution < 1.29 is 28.8 Å². The van der Waals surface area contributed by atoms with Crippen molar-refractivity contribution in [3.05, 3.63) is 215 Å². The second-order valence-electron chi connectivity index (χ2n) is 39.2. The third kappa shape index (κ3) is 22.3. The van der Waals surface area contributed by atoms with E-state index in [-0.39, 0.29) is 6.61 Å². The molecule has 0 radical (unpaired) electrons. The molecule has 22 heteroatoms. The number of nitrogens with zero attached hydrogens (tertiary/aromatic N) is 16. The molecule has 20 rings (SSSR count). The van der Waals surface area contributed by atoms with Crippen LogP contribution in [0.5, 0.6) is 23.0 Å². The second-order valence-corrected chi connectivity index (χ2v) is 39.2. The van der Waals surface area contributed by atoms with Gasteiger partial charge in [0.1, 0.15) is 69.6 Å². The molecule has 1 N–H and O–H groups in total. The maximum Gasteiger partial charge on any atom is 0.140 e. The number of likely N-dealkylation sites (N-methyl/N-ethyl adjacent to an activating group) is 2. The zero-order chi connectivity index (χ0) is 93.3. The van der Waals surface area contributed by atoms with E-state index in [1.807, 2.05) is 13.1 Å². The van der Waals surface area contributed by atoms with Crippen LogP contribution in [0, 0.1) is 0 Å². The fourth-order valence-electron chi connectivity index (χ4n) is 22.6. The lowest BCUT2D eigenvalue weighted by Gasteiger charge is -2.34. The number of benzene rings is 8. The van der Waals surface area contributed by atoms with E-state index >= 15 is 0 Å². The molecule has 8 aliphatic rings. The molecular formula is C113H146N16O6. The van der Waals surface area contributed by atoms with Gasteiger partial charge in [-0.05, 0) is 252 Å². The maximum absolute atomic E-state index is 9.40. The number of anilines is 8. The minimum absolute atomic E-state index is 0.134. The predicted molar refractivity (Wildman–Crippen MR) is 555 cm³/mol. The van der Waals surface area contributed by atoms with Gasteiger partial charge in [0.25, 0.3) is 0 Å². The fraction of sp³-hybridized carbons (Fsp3) is 0.504. The van der Waals surface area contributed by atoms with Crippen LogP contribution in [0.1, 0.15) is 260 Å². The van der Waals surface area contributed by atoms with E-state index in [0.717, 1.165) is 231 Å². The molecule has 22 nitrogen and oxygen atoms in total. The van der Waals surface area contributed by atoms with Crippen LogP contribution in [0.4, 0.5) is 46.0 Å². The van der Waals surface area contributed by atoms with Gasteiger partial charge in [-0.2, -0.15) is 0 Å². The number of hydrogen-bond acceptors (Lipinski definition) is 22. The number of methoxy groups -OCH3 is 5. The Morgan fingerprint density at radius 2 is 0.533 bits per heavy atom. The summed E-state index contributed by atoms with van der Waals surface area (Å²) in [5.41, 5.74) is 14.3. The predicted octanol–water partition coefficient (Wildman–Crippen LogP) is 23.1. The molecule has 0 spiro atoms. The van der Waals surface area contributed by atoms with E-state index in [9.17, 15) is 5.11 Å². The Labute approximate surface area is 802 Å². The van der Waals surface area contributed by atoms with E-state index in [2.05, 4.69) is 238 Å². The number of fused-ring (bicyclic) bond motifs is 4. The van der Waals surface area contributed by atoms with Crippen LogP contribution in [-0.4, -0.2) is 201 Å². The quantitative estimate of drug-likeness (QED) is 0.0510. The van der Waals surface area contributed by atoms with Crippen molar-refractivity contribution in [2.24, 2.45) is 0 Å². The topological polar surface area (TPSA) is 195 Å². The molecule has 8 heterocycles. The Kier molecular flexibility index (Phi) is 32.2. The van der Waals surface area contributed by atoms with E-state index < -0.39 is 0 Å². The largest absolute Gasteiger partial charge is 0.496 e. The maximum atomic E-state index is 9.40. The zero-order valence-corrected chi connectivity index (χ0v) is 82.3. The summed E-state index contributed by atoms with van der Waals surface area (Å²) in [7, 11) is 19.3. The number of para-hydroxylation sites is 4. The van der Waals surface area contributed by atoms with Crippen molar-refractivity contribution in [1.82, 2.24) is 39.9 Å². The summed E-state index contributed by atoms with van der Waals surface area (Å²) in [4.78, 5) is 59.9. The van der Waals surface area contributed by atoms with Crippen LogP contribution in [-0.2, 0) is 4.74 Å². The smallest absolute Gasteiger partial charge is 0.140 e. The number of piperidine rings is 4. The summed E-state index contributed by atoms with van der Waals surface area (Å²) in [6.07, 6.45) is 29.9. The average molecular weight is 1820 g/mol. The minimum Gasteiger partial charge on any atom is -0.496 e. The van der Waals surface area contributed by atoms with Crippen molar-refractivity contribution in [2.45, 2.75) is 215 Å². The van der Waals surface area contributed by atoms with Crippen molar-refractivity contribution >= 4 is 89.6 Å². The lowest BCUT2D eigenvalue weighted by Crippen LogP contribution is -2.34. The Hall–Kier alpha value is -11.4. The second kappa shape index (κ2) is 45.5. The minimum atomic E-state index is 0.134. The Balaban J connectivity index is 0.000000125. The molecule has 0 bridgehead atoms. The SMILES string of the molecule is CCCN(C)c1ccc2nc(C3CCCC3)nc(N3CCC(c4ccccc4OC)CC3)c2c1.COCCN(C)c1ccc2nc(C3CCCC3)nc(N3CCC(c4ccccc4OC)CC3)c2c1.COc1ccccc1C1CCN(c2nc(C3CCCC3)nc3ccc(N(C)C)cc23)CC1.COc1ccccc1C1CCN(c2nc(C3CCCC3)nc3ccc(N(C)CCO)cc23)CC1. The third-order valence-electron chi connectivity index (χ3n) is 30.5. The third-order valence-corrected chi connectivity index (χ3v) is 30.5. The van der Waals surface area contributed by atoms with Crippen LogP contribution in [0.15, 0.2) is 170 Å². The van der Waals surface area contributed by atoms with Crippen LogP contribution in [0.25, 0.3) is 43.6 Å². The van der Waals surface area contributed by atoms with Crippen molar-refractivity contribution in [1.29, 1.82) is 0 Å². The first-order valence-corrected chi connectivity index (χ1v) is 50.9. The van der Waals surface area contributed by atoms with Crippen molar-refractivity contribution in [3.63, 3.8) is 0 Å². The number of aliphatic hydroxyl groups excluding tert-OH is 1. The van der Waals surface area contributed by atoms with Gasteiger partial charge in [0.05, 0.1) is 63.7 Å². The molecule has 8 fully saturated rings. The van der Waals surface area contributed by atoms with Gasteiger partial charge in [-0.15, -0.1) is 0 Å². The fourth-order valence-corrected chi connectivity index (χ4v) is 22.6. The summed E-state index contributed by atoms with van der Waals surface area (Å²) in [5.74, 6) is 16.7. The van der Waals surface area contributed by atoms with E-state index in [4.69, 9.17) is 63.6 Å². The van der Waals surface area contributed by atoms with Crippen LogP contribution in [0.3, 0.4) is 0 Å². The van der Waals surface area contributed by atoms with Gasteiger partial charge < -0.3 is 68.0 Å². The van der Waals surface area contributed by atoms with Gasteiger partial charge in [0, 0.05) is 182 Å². The van der Waals surface area contributed by atoms with Gasteiger partial charge >= 0.3 is 0 Å². The lowest BCUT2D eigenvalue weighted by atomic mass is 9.88. The van der Waals surface area contributed by atoms with Gasteiger partial charge in [-0.25, -0.2) is 39.9 Å². The monoisotopic (exact) mass is 1820 g/mol. The molecule has 4 aromatic heterocycles. The Morgan fingerprint density at radius 1 is 0.289 bits per heavy atom. The normalized spacial score (nSPS) is 17.5. The van der Waals surface area contributed by atoms with Gasteiger partial charge in [-0.3, -0.25) is 0 Å². The molecule has 0 atom stereocenters.